The number of pyridine rings is 1. The van der Waals surface area contributed by atoms with Crippen molar-refractivity contribution in [3.05, 3.63) is 23.9 Å². The quantitative estimate of drug-likeness (QED) is 0.481. The van der Waals surface area contributed by atoms with Gasteiger partial charge in [-0.25, -0.2) is 9.98 Å². The van der Waals surface area contributed by atoms with Gasteiger partial charge in [-0.2, -0.15) is 10.3 Å². The van der Waals surface area contributed by atoms with Gasteiger partial charge in [-0.15, -0.1) is 0 Å². The predicted octanol–water partition coefficient (Wildman–Crippen LogP) is 1.31. The summed E-state index contributed by atoms with van der Waals surface area (Å²) in [6.45, 7) is 3.34. The van der Waals surface area contributed by atoms with Gasteiger partial charge < -0.3 is 0 Å². The smallest absolute Gasteiger partial charge is 0.205 e. The Labute approximate surface area is 69.9 Å². The minimum atomic E-state index is 0.483. The molecule has 0 atom stereocenters. The van der Waals surface area contributed by atoms with Gasteiger partial charge in [0, 0.05) is 11.8 Å². The maximum absolute atomic E-state index is 8.18. The van der Waals surface area contributed by atoms with Gasteiger partial charge in [0.05, 0.1) is 6.21 Å². The molecular weight excluding hydrogens is 152 g/mol. The zero-order valence-electron chi connectivity index (χ0n) is 6.31. The SMILES string of the molecule is C=Nc1ncccc1C=NC#N. The fourth-order valence-corrected chi connectivity index (χ4v) is 0.741. The van der Waals surface area contributed by atoms with Crippen LogP contribution in [0.25, 0.3) is 0 Å². The fraction of sp³-hybridized carbons (Fsp3) is 0. The van der Waals surface area contributed by atoms with E-state index >= 15 is 0 Å². The average molecular weight is 158 g/mol. The van der Waals surface area contributed by atoms with E-state index in [-0.39, 0.29) is 0 Å². The lowest BCUT2D eigenvalue weighted by Gasteiger charge is -1.94. The molecule has 4 nitrogen and oxygen atoms in total. The summed E-state index contributed by atoms with van der Waals surface area (Å²) in [5.41, 5.74) is 0.689. The number of hydrogen-bond acceptors (Lipinski definition) is 4. The first-order valence-electron chi connectivity index (χ1n) is 3.22. The van der Waals surface area contributed by atoms with Crippen molar-refractivity contribution in [1.82, 2.24) is 4.98 Å². The summed E-state index contributed by atoms with van der Waals surface area (Å²) in [5.74, 6) is 0.483. The second kappa shape index (κ2) is 3.98. The molecule has 0 saturated carbocycles. The van der Waals surface area contributed by atoms with Crippen LogP contribution in [0.2, 0.25) is 0 Å². The molecule has 0 aliphatic rings. The first-order chi connectivity index (χ1) is 5.88. The highest BCUT2D eigenvalue weighted by Gasteiger charge is 1.95. The fourth-order valence-electron chi connectivity index (χ4n) is 0.741. The van der Waals surface area contributed by atoms with Crippen LogP contribution in [-0.2, 0) is 0 Å². The van der Waals surface area contributed by atoms with Gasteiger partial charge in [-0.05, 0) is 18.9 Å². The van der Waals surface area contributed by atoms with Crippen molar-refractivity contribution in [2.75, 3.05) is 0 Å². The number of aromatic nitrogens is 1. The standard InChI is InChI=1S/C8H6N4/c1-10-8-7(5-11-6-9)3-2-4-12-8/h2-5H,1H2. The van der Waals surface area contributed by atoms with Crippen molar-refractivity contribution in [3.63, 3.8) is 0 Å². The second-order valence-corrected chi connectivity index (χ2v) is 1.93. The van der Waals surface area contributed by atoms with Crippen molar-refractivity contribution in [3.8, 4) is 6.19 Å². The van der Waals surface area contributed by atoms with Crippen molar-refractivity contribution in [2.45, 2.75) is 0 Å². The minimum absolute atomic E-state index is 0.483. The largest absolute Gasteiger partial charge is 0.245 e. The van der Waals surface area contributed by atoms with E-state index in [0.29, 0.717) is 11.4 Å². The van der Waals surface area contributed by atoms with Crippen LogP contribution in [0, 0.1) is 11.5 Å². The molecule has 0 saturated heterocycles. The molecule has 58 valence electrons. The topological polar surface area (TPSA) is 61.4 Å². The third-order valence-corrected chi connectivity index (χ3v) is 1.23. The van der Waals surface area contributed by atoms with Crippen LogP contribution in [-0.4, -0.2) is 17.9 Å². The minimum Gasteiger partial charge on any atom is -0.245 e. The molecule has 0 amide bonds. The number of nitrogens with zero attached hydrogens (tertiary/aromatic N) is 4. The van der Waals surface area contributed by atoms with Gasteiger partial charge in [-0.1, -0.05) is 0 Å². The van der Waals surface area contributed by atoms with E-state index in [9.17, 15) is 0 Å². The Bertz CT molecular complexity index is 348. The summed E-state index contributed by atoms with van der Waals surface area (Å²) < 4.78 is 0. The lowest BCUT2D eigenvalue weighted by Crippen LogP contribution is -1.83. The Morgan fingerprint density at radius 2 is 2.50 bits per heavy atom. The van der Waals surface area contributed by atoms with Gasteiger partial charge in [0.1, 0.15) is 0 Å². The van der Waals surface area contributed by atoms with Crippen LogP contribution in [0.5, 0.6) is 0 Å². The van der Waals surface area contributed by atoms with Gasteiger partial charge >= 0.3 is 0 Å². The summed E-state index contributed by atoms with van der Waals surface area (Å²) in [7, 11) is 0. The van der Waals surface area contributed by atoms with Gasteiger partial charge in [-0.3, -0.25) is 0 Å². The normalized spacial score (nSPS) is 9.58. The highest BCUT2D eigenvalue weighted by molar-refractivity contribution is 5.86. The third kappa shape index (κ3) is 1.73. The average Bonchev–Trinajstić information content (AvgIpc) is 2.15. The summed E-state index contributed by atoms with van der Waals surface area (Å²) >= 11 is 0. The first kappa shape index (κ1) is 8.08. The summed E-state index contributed by atoms with van der Waals surface area (Å²) in [6.07, 6.45) is 4.65. The molecule has 0 N–H and O–H groups in total. The van der Waals surface area contributed by atoms with E-state index < -0.39 is 0 Å². The van der Waals surface area contributed by atoms with Crippen molar-refractivity contribution >= 4 is 18.7 Å². The number of aliphatic imine (C=N–C) groups is 2. The zero-order chi connectivity index (χ0) is 8.81. The third-order valence-electron chi connectivity index (χ3n) is 1.23. The Hall–Kier alpha value is -2.02. The maximum Gasteiger partial charge on any atom is 0.205 e. The summed E-state index contributed by atoms with van der Waals surface area (Å²) in [6, 6.07) is 3.51. The molecule has 1 aromatic heterocycles. The van der Waals surface area contributed by atoms with Gasteiger partial charge in [0.25, 0.3) is 0 Å². The Balaban J connectivity index is 3.07. The van der Waals surface area contributed by atoms with Crippen molar-refractivity contribution in [2.24, 2.45) is 9.98 Å². The van der Waals surface area contributed by atoms with Crippen LogP contribution >= 0.6 is 0 Å². The molecule has 0 aromatic carbocycles. The first-order valence-corrected chi connectivity index (χ1v) is 3.22. The highest BCUT2D eigenvalue weighted by atomic mass is 14.9. The Kier molecular flexibility index (Phi) is 2.68. The molecule has 12 heavy (non-hydrogen) atoms. The van der Waals surface area contributed by atoms with E-state index in [0.717, 1.165) is 0 Å². The number of hydrogen-bond donors (Lipinski definition) is 0. The molecule has 0 radical (unpaired) electrons. The summed E-state index contributed by atoms with van der Waals surface area (Å²) in [4.78, 5) is 11.0. The summed E-state index contributed by atoms with van der Waals surface area (Å²) in [5, 5.41) is 8.18. The molecule has 0 bridgehead atoms. The molecule has 4 heteroatoms. The van der Waals surface area contributed by atoms with E-state index in [1.54, 1.807) is 24.5 Å². The maximum atomic E-state index is 8.18. The lowest BCUT2D eigenvalue weighted by atomic mass is 10.3. The molecule has 0 aliphatic heterocycles. The van der Waals surface area contributed by atoms with E-state index in [1.807, 2.05) is 0 Å². The van der Waals surface area contributed by atoms with Crippen LogP contribution in [0.4, 0.5) is 5.82 Å². The molecule has 0 unspecified atom stereocenters. The van der Waals surface area contributed by atoms with Gasteiger partial charge in [0.2, 0.25) is 6.19 Å². The Morgan fingerprint density at radius 1 is 1.67 bits per heavy atom. The Morgan fingerprint density at radius 3 is 3.17 bits per heavy atom. The zero-order valence-corrected chi connectivity index (χ0v) is 6.31. The van der Waals surface area contributed by atoms with Crippen LogP contribution in [0.3, 0.4) is 0 Å². The van der Waals surface area contributed by atoms with Crippen LogP contribution in [0.15, 0.2) is 28.3 Å². The molecule has 1 heterocycles. The monoisotopic (exact) mass is 158 g/mol. The lowest BCUT2D eigenvalue weighted by molar-refractivity contribution is 1.27. The molecule has 0 fully saturated rings. The molecular formula is C8H6N4. The molecule has 0 spiro atoms. The number of rotatable bonds is 2. The van der Waals surface area contributed by atoms with E-state index in [2.05, 4.69) is 21.7 Å². The van der Waals surface area contributed by atoms with E-state index in [4.69, 9.17) is 5.26 Å². The van der Waals surface area contributed by atoms with Crippen LogP contribution in [0.1, 0.15) is 5.56 Å². The highest BCUT2D eigenvalue weighted by Crippen LogP contribution is 2.10. The predicted molar refractivity (Wildman–Crippen MR) is 46.7 cm³/mol. The second-order valence-electron chi connectivity index (χ2n) is 1.93. The van der Waals surface area contributed by atoms with Crippen molar-refractivity contribution in [1.29, 1.82) is 5.26 Å². The van der Waals surface area contributed by atoms with Gasteiger partial charge in [0.15, 0.2) is 5.82 Å². The van der Waals surface area contributed by atoms with E-state index in [1.165, 1.54) is 6.21 Å². The molecule has 1 aromatic rings. The molecule has 0 aliphatic carbocycles. The van der Waals surface area contributed by atoms with Crippen LogP contribution < -0.4 is 0 Å². The number of nitriles is 1. The van der Waals surface area contributed by atoms with Crippen molar-refractivity contribution < 1.29 is 0 Å². The molecule has 1 rings (SSSR count).